The van der Waals surface area contributed by atoms with Gasteiger partial charge in [0.25, 0.3) is 0 Å². The molecule has 0 atom stereocenters. The maximum absolute atomic E-state index is 10.5. The molecular formula is C11H13NO2. The van der Waals surface area contributed by atoms with E-state index in [4.69, 9.17) is 0 Å². The first-order valence-electron chi connectivity index (χ1n) is 4.73. The zero-order valence-electron chi connectivity index (χ0n) is 8.10. The van der Waals surface area contributed by atoms with Gasteiger partial charge < -0.3 is 10.0 Å². The quantitative estimate of drug-likeness (QED) is 0.741. The van der Waals surface area contributed by atoms with Crippen molar-refractivity contribution in [3.05, 3.63) is 23.8 Å². The van der Waals surface area contributed by atoms with E-state index in [1.165, 1.54) is 12.8 Å². The lowest BCUT2D eigenvalue weighted by Gasteiger charge is -2.18. The first-order chi connectivity index (χ1) is 6.72. The van der Waals surface area contributed by atoms with Gasteiger partial charge in [0.15, 0.2) is 6.29 Å². The molecule has 3 heteroatoms. The van der Waals surface area contributed by atoms with Crippen LogP contribution in [-0.4, -0.2) is 24.5 Å². The van der Waals surface area contributed by atoms with E-state index in [2.05, 4.69) is 4.90 Å². The highest BCUT2D eigenvalue weighted by Crippen LogP contribution is 2.32. The lowest BCUT2D eigenvalue weighted by atomic mass is 10.2. The van der Waals surface area contributed by atoms with Crippen molar-refractivity contribution < 1.29 is 9.90 Å². The first kappa shape index (κ1) is 9.06. The lowest BCUT2D eigenvalue weighted by molar-refractivity contribution is 0.112. The summed E-state index contributed by atoms with van der Waals surface area (Å²) in [4.78, 5) is 12.6. The van der Waals surface area contributed by atoms with Crippen molar-refractivity contribution in [3.8, 4) is 5.75 Å². The topological polar surface area (TPSA) is 40.5 Å². The molecule has 0 saturated heterocycles. The van der Waals surface area contributed by atoms with Crippen LogP contribution in [0.3, 0.4) is 0 Å². The average Bonchev–Trinajstić information content (AvgIpc) is 3.00. The van der Waals surface area contributed by atoms with E-state index in [1.54, 1.807) is 12.1 Å². The molecule has 0 amide bonds. The summed E-state index contributed by atoms with van der Waals surface area (Å²) in [6, 6.07) is 5.76. The molecule has 1 aliphatic carbocycles. The third-order valence-corrected chi connectivity index (χ3v) is 2.64. The Kier molecular flexibility index (Phi) is 2.15. The summed E-state index contributed by atoms with van der Waals surface area (Å²) < 4.78 is 0. The summed E-state index contributed by atoms with van der Waals surface area (Å²) in [6.07, 6.45) is 3.09. The van der Waals surface area contributed by atoms with Gasteiger partial charge in [0.05, 0.1) is 5.56 Å². The Hall–Kier alpha value is -1.51. The van der Waals surface area contributed by atoms with Crippen molar-refractivity contribution in [2.45, 2.75) is 18.9 Å². The maximum atomic E-state index is 10.5. The molecule has 1 fully saturated rings. The minimum atomic E-state index is 0.0602. The fourth-order valence-corrected chi connectivity index (χ4v) is 1.52. The number of phenolic OH excluding ortho intramolecular Hbond substituents is 1. The Morgan fingerprint density at radius 2 is 2.21 bits per heavy atom. The molecule has 0 bridgehead atoms. The highest BCUT2D eigenvalue weighted by molar-refractivity contribution is 5.80. The second kappa shape index (κ2) is 3.33. The molecule has 0 radical (unpaired) electrons. The van der Waals surface area contributed by atoms with E-state index < -0.39 is 0 Å². The van der Waals surface area contributed by atoms with Gasteiger partial charge in [-0.2, -0.15) is 0 Å². The van der Waals surface area contributed by atoms with Crippen LogP contribution < -0.4 is 4.90 Å². The third-order valence-electron chi connectivity index (χ3n) is 2.64. The Balaban J connectivity index is 2.26. The van der Waals surface area contributed by atoms with Crippen LogP contribution in [0.1, 0.15) is 23.2 Å². The van der Waals surface area contributed by atoms with Gasteiger partial charge >= 0.3 is 0 Å². The second-order valence-electron chi connectivity index (χ2n) is 3.70. The number of carbonyl (C=O) groups excluding carboxylic acids is 1. The number of hydrogen-bond acceptors (Lipinski definition) is 3. The standard InChI is InChI=1S/C11H13NO2/c1-12(9-4-5-9)10-3-2-8(7-13)11(14)6-10/h2-3,6-7,9,14H,4-5H2,1H3. The molecule has 1 N–H and O–H groups in total. The van der Waals surface area contributed by atoms with Crippen LogP contribution in [0.2, 0.25) is 0 Å². The molecule has 0 aliphatic heterocycles. The minimum Gasteiger partial charge on any atom is -0.507 e. The number of carbonyl (C=O) groups is 1. The smallest absolute Gasteiger partial charge is 0.153 e. The molecule has 3 nitrogen and oxygen atoms in total. The Morgan fingerprint density at radius 3 is 2.71 bits per heavy atom. The fourth-order valence-electron chi connectivity index (χ4n) is 1.52. The SMILES string of the molecule is CN(c1ccc(C=O)c(O)c1)C1CC1. The van der Waals surface area contributed by atoms with E-state index in [-0.39, 0.29) is 5.75 Å². The Morgan fingerprint density at radius 1 is 1.50 bits per heavy atom. The number of nitrogens with zero attached hydrogens (tertiary/aromatic N) is 1. The zero-order chi connectivity index (χ0) is 10.1. The zero-order valence-corrected chi connectivity index (χ0v) is 8.10. The third kappa shape index (κ3) is 1.58. The van der Waals surface area contributed by atoms with Crippen LogP contribution in [0.25, 0.3) is 0 Å². The van der Waals surface area contributed by atoms with Gasteiger partial charge in [-0.25, -0.2) is 0 Å². The number of aldehydes is 1. The normalized spacial score (nSPS) is 15.2. The van der Waals surface area contributed by atoms with Gasteiger partial charge in [0, 0.05) is 24.8 Å². The van der Waals surface area contributed by atoms with Gasteiger partial charge in [-0.05, 0) is 25.0 Å². The van der Waals surface area contributed by atoms with Gasteiger partial charge in [-0.1, -0.05) is 0 Å². The number of aromatic hydroxyl groups is 1. The number of phenols is 1. The van der Waals surface area contributed by atoms with Gasteiger partial charge in [0.1, 0.15) is 5.75 Å². The molecule has 0 spiro atoms. The lowest BCUT2D eigenvalue weighted by Crippen LogP contribution is -2.19. The molecule has 74 valence electrons. The molecule has 0 heterocycles. The number of rotatable bonds is 3. The van der Waals surface area contributed by atoms with Crippen molar-refractivity contribution in [2.75, 3.05) is 11.9 Å². The molecule has 1 aromatic rings. The van der Waals surface area contributed by atoms with Gasteiger partial charge in [-0.15, -0.1) is 0 Å². The molecular weight excluding hydrogens is 178 g/mol. The number of anilines is 1. The highest BCUT2D eigenvalue weighted by Gasteiger charge is 2.26. The largest absolute Gasteiger partial charge is 0.507 e. The average molecular weight is 191 g/mol. The molecule has 0 aromatic heterocycles. The predicted molar refractivity (Wildman–Crippen MR) is 54.9 cm³/mol. The van der Waals surface area contributed by atoms with E-state index in [0.29, 0.717) is 17.9 Å². The van der Waals surface area contributed by atoms with Crippen molar-refractivity contribution in [1.82, 2.24) is 0 Å². The summed E-state index contributed by atoms with van der Waals surface area (Å²) in [5.74, 6) is 0.0602. The first-order valence-corrected chi connectivity index (χ1v) is 4.73. The number of hydrogen-bond donors (Lipinski definition) is 1. The number of benzene rings is 1. The molecule has 1 saturated carbocycles. The van der Waals surface area contributed by atoms with Crippen LogP contribution in [-0.2, 0) is 0 Å². The molecule has 1 aliphatic rings. The summed E-state index contributed by atoms with van der Waals surface area (Å²) in [5.41, 5.74) is 1.31. The Labute approximate surface area is 83.0 Å². The predicted octanol–water partition coefficient (Wildman–Crippen LogP) is 1.80. The van der Waals surface area contributed by atoms with Crippen molar-refractivity contribution in [3.63, 3.8) is 0 Å². The summed E-state index contributed by atoms with van der Waals surface area (Å²) in [7, 11) is 2.01. The Bertz CT molecular complexity index is 358. The minimum absolute atomic E-state index is 0.0602. The highest BCUT2D eigenvalue weighted by atomic mass is 16.3. The summed E-state index contributed by atoms with van der Waals surface area (Å²) in [5, 5.41) is 9.48. The van der Waals surface area contributed by atoms with Gasteiger partial charge in [-0.3, -0.25) is 4.79 Å². The van der Waals surface area contributed by atoms with Crippen LogP contribution in [0, 0.1) is 0 Å². The summed E-state index contributed by atoms with van der Waals surface area (Å²) >= 11 is 0. The van der Waals surface area contributed by atoms with Crippen molar-refractivity contribution >= 4 is 12.0 Å². The van der Waals surface area contributed by atoms with Crippen LogP contribution in [0.15, 0.2) is 18.2 Å². The maximum Gasteiger partial charge on any atom is 0.153 e. The van der Waals surface area contributed by atoms with E-state index in [9.17, 15) is 9.90 Å². The molecule has 1 aromatic carbocycles. The van der Waals surface area contributed by atoms with E-state index in [0.717, 1.165) is 5.69 Å². The van der Waals surface area contributed by atoms with Crippen molar-refractivity contribution in [2.24, 2.45) is 0 Å². The van der Waals surface area contributed by atoms with Crippen LogP contribution in [0.5, 0.6) is 5.75 Å². The van der Waals surface area contributed by atoms with Crippen LogP contribution >= 0.6 is 0 Å². The summed E-state index contributed by atoms with van der Waals surface area (Å²) in [6.45, 7) is 0. The molecule has 0 unspecified atom stereocenters. The molecule has 14 heavy (non-hydrogen) atoms. The molecule has 2 rings (SSSR count). The van der Waals surface area contributed by atoms with Crippen molar-refractivity contribution in [1.29, 1.82) is 0 Å². The monoisotopic (exact) mass is 191 g/mol. The second-order valence-corrected chi connectivity index (χ2v) is 3.70. The van der Waals surface area contributed by atoms with E-state index in [1.807, 2.05) is 13.1 Å². The van der Waals surface area contributed by atoms with Crippen LogP contribution in [0.4, 0.5) is 5.69 Å². The van der Waals surface area contributed by atoms with Gasteiger partial charge in [0.2, 0.25) is 0 Å². The van der Waals surface area contributed by atoms with E-state index >= 15 is 0 Å². The fraction of sp³-hybridized carbons (Fsp3) is 0.364.